The second-order valence-electron chi connectivity index (χ2n) is 9.93. The minimum atomic E-state index is -2.91. The van der Waals surface area contributed by atoms with Crippen molar-refractivity contribution >= 4 is 40.8 Å². The summed E-state index contributed by atoms with van der Waals surface area (Å²) in [5.74, 6) is -3.76. The van der Waals surface area contributed by atoms with E-state index in [1.807, 2.05) is 4.90 Å². The summed E-state index contributed by atoms with van der Waals surface area (Å²) in [6, 6.07) is 9.62. The Bertz CT molecular complexity index is 1240. The summed E-state index contributed by atoms with van der Waals surface area (Å²) >= 11 is 6.10. The maximum Gasteiger partial charge on any atom is 0.323 e. The largest absolute Gasteiger partial charge is 0.495 e. The number of alkyl halides is 2. The predicted molar refractivity (Wildman–Crippen MR) is 147 cm³/mol. The Labute approximate surface area is 235 Å². The van der Waals surface area contributed by atoms with Crippen LogP contribution in [0.4, 0.5) is 25.0 Å². The minimum Gasteiger partial charge on any atom is -0.495 e. The number of amides is 2. The van der Waals surface area contributed by atoms with Gasteiger partial charge in [0, 0.05) is 45.1 Å². The second-order valence-corrected chi connectivity index (χ2v) is 10.3. The lowest BCUT2D eigenvalue weighted by molar-refractivity contribution is -0.139. The van der Waals surface area contributed by atoms with Gasteiger partial charge in [-0.15, -0.1) is 0 Å². The molecule has 2 aromatic carbocycles. The highest BCUT2D eigenvalue weighted by atomic mass is 35.5. The Hall–Kier alpha value is -3.32. The molecule has 2 aromatic rings. The number of para-hydroxylation sites is 1. The Morgan fingerprint density at radius 3 is 2.45 bits per heavy atom. The number of ketones is 1. The number of hydrogen-bond donors (Lipinski definition) is 4. The van der Waals surface area contributed by atoms with Crippen LogP contribution in [0.15, 0.2) is 42.5 Å². The lowest BCUT2D eigenvalue weighted by atomic mass is 9.94. The van der Waals surface area contributed by atoms with Crippen LogP contribution >= 0.6 is 11.6 Å². The molecule has 2 aliphatic rings. The monoisotopic (exact) mass is 579 g/mol. The van der Waals surface area contributed by atoms with E-state index in [0.29, 0.717) is 53.9 Å². The van der Waals surface area contributed by atoms with Crippen LogP contribution in [0, 0.1) is 0 Å². The van der Waals surface area contributed by atoms with Crippen molar-refractivity contribution in [1.82, 2.24) is 15.1 Å². The fourth-order valence-corrected chi connectivity index (χ4v) is 5.32. The molecule has 0 bridgehead atoms. The molecule has 0 spiro atoms. The fourth-order valence-electron chi connectivity index (χ4n) is 5.14. The van der Waals surface area contributed by atoms with Gasteiger partial charge in [-0.25, -0.2) is 13.6 Å². The summed E-state index contributed by atoms with van der Waals surface area (Å²) in [6.07, 6.45) is -0.488. The first kappa shape index (κ1) is 29.7. The number of aliphatic carboxylic acids is 1. The molecule has 0 radical (unpaired) electrons. The van der Waals surface area contributed by atoms with Crippen molar-refractivity contribution in [2.75, 3.05) is 57.0 Å². The maximum absolute atomic E-state index is 14.1. The quantitative estimate of drug-likeness (QED) is 0.338. The normalized spacial score (nSPS) is 20.1. The molecule has 0 saturated carbocycles. The van der Waals surface area contributed by atoms with Gasteiger partial charge in [-0.1, -0.05) is 29.8 Å². The van der Waals surface area contributed by atoms with Crippen molar-refractivity contribution in [2.24, 2.45) is 0 Å². The number of nitrogens with zero attached hydrogens (tertiary/aromatic N) is 2. The van der Waals surface area contributed by atoms with E-state index in [9.17, 15) is 23.2 Å². The number of ether oxygens (including phenoxy) is 1. The molecular formula is C27H32ClF2N5O5. The molecule has 2 saturated heterocycles. The number of halogens is 3. The van der Waals surface area contributed by atoms with Crippen LogP contribution in [0.1, 0.15) is 12.0 Å². The van der Waals surface area contributed by atoms with Gasteiger partial charge in [0.05, 0.1) is 42.6 Å². The number of methoxy groups -OCH3 is 1. The summed E-state index contributed by atoms with van der Waals surface area (Å²) in [7, 11) is 1.43. The van der Waals surface area contributed by atoms with Gasteiger partial charge in [-0.05, 0) is 29.8 Å². The molecule has 13 heteroatoms. The molecule has 2 heterocycles. The van der Waals surface area contributed by atoms with Crippen molar-refractivity contribution < 1.29 is 33.0 Å². The smallest absolute Gasteiger partial charge is 0.323 e. The van der Waals surface area contributed by atoms with Gasteiger partial charge in [0.2, 0.25) is 0 Å². The Kier molecular flexibility index (Phi) is 9.56. The highest BCUT2D eigenvalue weighted by molar-refractivity contribution is 6.33. The van der Waals surface area contributed by atoms with E-state index < -0.39 is 43.0 Å². The number of Topliss-reactive ketones (excluding diaryl/α,β-unsaturated/α-hetero) is 1. The number of urea groups is 1. The van der Waals surface area contributed by atoms with E-state index in [1.165, 1.54) is 7.11 Å². The number of carbonyl (C=O) groups excluding carboxylic acids is 2. The van der Waals surface area contributed by atoms with Crippen LogP contribution in [-0.4, -0.2) is 97.1 Å². The third-order valence-electron chi connectivity index (χ3n) is 7.03. The van der Waals surface area contributed by atoms with Crippen molar-refractivity contribution in [3.63, 3.8) is 0 Å². The first-order valence-electron chi connectivity index (χ1n) is 12.9. The number of anilines is 2. The van der Waals surface area contributed by atoms with Crippen molar-refractivity contribution in [1.29, 1.82) is 0 Å². The maximum atomic E-state index is 14.1. The zero-order valence-corrected chi connectivity index (χ0v) is 22.7. The molecule has 2 fully saturated rings. The molecule has 4 rings (SSSR count). The molecule has 40 heavy (non-hydrogen) atoms. The highest BCUT2D eigenvalue weighted by Gasteiger charge is 2.46. The highest BCUT2D eigenvalue weighted by Crippen LogP contribution is 2.31. The van der Waals surface area contributed by atoms with E-state index in [2.05, 4.69) is 16.0 Å². The van der Waals surface area contributed by atoms with Crippen LogP contribution in [0.5, 0.6) is 5.75 Å². The topological polar surface area (TPSA) is 123 Å². The Morgan fingerprint density at radius 1 is 1.12 bits per heavy atom. The molecule has 0 aliphatic carbocycles. The van der Waals surface area contributed by atoms with E-state index in [-0.39, 0.29) is 18.7 Å². The number of hydrogen-bond acceptors (Lipinski definition) is 7. The van der Waals surface area contributed by atoms with Crippen molar-refractivity contribution in [3.05, 3.63) is 53.1 Å². The lowest BCUT2D eigenvalue weighted by Crippen LogP contribution is -2.59. The third-order valence-corrected chi connectivity index (χ3v) is 7.36. The van der Waals surface area contributed by atoms with Crippen molar-refractivity contribution in [2.45, 2.75) is 30.8 Å². The van der Waals surface area contributed by atoms with E-state index in [0.717, 1.165) is 0 Å². The van der Waals surface area contributed by atoms with E-state index >= 15 is 0 Å². The minimum absolute atomic E-state index is 0.0355. The number of carboxylic acids is 1. The summed E-state index contributed by atoms with van der Waals surface area (Å²) in [6.45, 7) is 1.02. The predicted octanol–water partition coefficient (Wildman–Crippen LogP) is 3.17. The molecule has 10 nitrogen and oxygen atoms in total. The lowest BCUT2D eigenvalue weighted by Gasteiger charge is -2.40. The molecule has 216 valence electrons. The van der Waals surface area contributed by atoms with Gasteiger partial charge in [0.15, 0.2) is 5.78 Å². The summed E-state index contributed by atoms with van der Waals surface area (Å²) < 4.78 is 33.6. The molecule has 2 atom stereocenters. The molecule has 2 aliphatic heterocycles. The third kappa shape index (κ3) is 7.66. The van der Waals surface area contributed by atoms with Gasteiger partial charge >= 0.3 is 12.0 Å². The standard InChI is InChI=1S/C27H32ClF2N5O5/c1-40-23-13-17(6-7-20(23)33-26(39)32-19-5-3-2-4-18(19)28)12-22(36)25(21-14-27(29,30)16-31-21)35-10-8-34(9-11-35)15-24(37)38/h2-7,13,21,25,31H,8-12,14-16H2,1H3,(H,37,38)(H2,32,33,39). The zero-order chi connectivity index (χ0) is 28.9. The molecule has 0 aromatic heterocycles. The van der Waals surface area contributed by atoms with Gasteiger partial charge in [0.1, 0.15) is 5.75 Å². The average Bonchev–Trinajstić information content (AvgIpc) is 3.26. The summed E-state index contributed by atoms with van der Waals surface area (Å²) in [5, 5.41) is 17.6. The van der Waals surface area contributed by atoms with Crippen LogP contribution in [0.25, 0.3) is 0 Å². The molecule has 2 unspecified atom stereocenters. The fraction of sp³-hybridized carbons (Fsp3) is 0.444. The van der Waals surface area contributed by atoms with Crippen molar-refractivity contribution in [3.8, 4) is 5.75 Å². The SMILES string of the molecule is COc1cc(CC(=O)C(C2CC(F)(F)CN2)N2CCN(CC(=O)O)CC2)ccc1NC(=O)Nc1ccccc1Cl. The van der Waals surface area contributed by atoms with E-state index in [1.54, 1.807) is 47.4 Å². The number of nitrogens with one attached hydrogen (secondary N) is 3. The average molecular weight is 580 g/mol. The number of carboxylic acid groups (broad SMARTS) is 1. The number of piperazine rings is 1. The molecule has 2 amide bonds. The zero-order valence-electron chi connectivity index (χ0n) is 22.0. The number of benzene rings is 2. The van der Waals surface area contributed by atoms with E-state index in [4.69, 9.17) is 21.4 Å². The van der Waals surface area contributed by atoms with Gasteiger partial charge in [0.25, 0.3) is 5.92 Å². The number of rotatable bonds is 10. The second kappa shape index (κ2) is 12.9. The summed E-state index contributed by atoms with van der Waals surface area (Å²) in [4.78, 5) is 40.8. The van der Waals surface area contributed by atoms with Crippen LogP contribution in [0.2, 0.25) is 5.02 Å². The Balaban J connectivity index is 1.45. The molecular weight excluding hydrogens is 548 g/mol. The first-order chi connectivity index (χ1) is 19.0. The Morgan fingerprint density at radius 2 is 1.82 bits per heavy atom. The number of carbonyl (C=O) groups is 3. The first-order valence-corrected chi connectivity index (χ1v) is 13.2. The van der Waals surface area contributed by atoms with Crippen LogP contribution in [-0.2, 0) is 16.0 Å². The van der Waals surface area contributed by atoms with Gasteiger partial charge < -0.3 is 25.8 Å². The van der Waals surface area contributed by atoms with Crippen LogP contribution in [0.3, 0.4) is 0 Å². The van der Waals surface area contributed by atoms with Gasteiger partial charge in [-0.3, -0.25) is 19.4 Å². The molecule has 4 N–H and O–H groups in total. The summed E-state index contributed by atoms with van der Waals surface area (Å²) in [5.41, 5.74) is 1.40. The van der Waals surface area contributed by atoms with Gasteiger partial charge in [-0.2, -0.15) is 0 Å². The van der Waals surface area contributed by atoms with Crippen LogP contribution < -0.4 is 20.7 Å².